The lowest BCUT2D eigenvalue weighted by Gasteiger charge is -2.08. The third-order valence-electron chi connectivity index (χ3n) is 10.1. The Morgan fingerprint density at radius 3 is 1.37 bits per heavy atom. The molecule has 3 aromatic heterocycles. The summed E-state index contributed by atoms with van der Waals surface area (Å²) in [5.41, 5.74) is 20.0. The van der Waals surface area contributed by atoms with Crippen molar-refractivity contribution >= 4 is 45.4 Å². The summed E-state index contributed by atoms with van der Waals surface area (Å²) >= 11 is 0. The first-order valence-electron chi connectivity index (χ1n) is 17.4. The molecule has 0 saturated carbocycles. The summed E-state index contributed by atoms with van der Waals surface area (Å²) in [6, 6.07) is 49.0. The van der Waals surface area contributed by atoms with Gasteiger partial charge in [0, 0.05) is 38.8 Å². The molecule has 0 radical (unpaired) electrons. The van der Waals surface area contributed by atoms with Gasteiger partial charge in [0.05, 0.1) is 28.3 Å². The average Bonchev–Trinajstić information content (AvgIpc) is 3.98. The van der Waals surface area contributed by atoms with Crippen LogP contribution in [0.2, 0.25) is 0 Å². The van der Waals surface area contributed by atoms with Crippen molar-refractivity contribution in [3.8, 4) is 44.5 Å². The first-order chi connectivity index (χ1) is 25.0. The Hall–Kier alpha value is -6.52. The monoisotopic (exact) mass is 656 g/mol. The molecule has 0 fully saturated rings. The number of hydrogen-bond acceptors (Lipinski definition) is 2. The molecule has 2 aliphatic heterocycles. The molecule has 9 rings (SSSR count). The van der Waals surface area contributed by atoms with Crippen LogP contribution in [-0.4, -0.2) is 19.9 Å². The Kier molecular flexibility index (Phi) is 7.44. The summed E-state index contributed by atoms with van der Waals surface area (Å²) < 4.78 is 0. The predicted octanol–water partition coefficient (Wildman–Crippen LogP) is 12.4. The number of nitrogens with one attached hydrogen (secondary N) is 2. The minimum absolute atomic E-state index is 0.897. The van der Waals surface area contributed by atoms with E-state index in [2.05, 4.69) is 182 Å². The van der Waals surface area contributed by atoms with Crippen LogP contribution in [0.15, 0.2) is 140 Å². The second-order valence-electron chi connectivity index (χ2n) is 13.3. The lowest BCUT2D eigenvalue weighted by molar-refractivity contribution is 1.26. The van der Waals surface area contributed by atoms with Crippen LogP contribution < -0.4 is 0 Å². The SMILES string of the molecule is CC1=C(C)c2nc1c(-c1ccccc1)c1nc(c(-c3ccccc3)c3[nH]c(cc3C)c(-c3ccccc3)c3ccc([nH]3)c2-c2ccccc2)C=C1. The van der Waals surface area contributed by atoms with Gasteiger partial charge >= 0.3 is 0 Å². The number of H-pyrrole nitrogens is 2. The number of aromatic amines is 2. The molecule has 0 amide bonds. The smallest absolute Gasteiger partial charge is 0.0769 e. The molecule has 8 bridgehead atoms. The summed E-state index contributed by atoms with van der Waals surface area (Å²) in [5, 5.41) is 0. The van der Waals surface area contributed by atoms with Gasteiger partial charge in [-0.2, -0.15) is 0 Å². The van der Waals surface area contributed by atoms with E-state index in [9.17, 15) is 0 Å². The number of hydrogen-bond donors (Lipinski definition) is 2. The number of aryl methyl sites for hydroxylation is 1. The summed E-state index contributed by atoms with van der Waals surface area (Å²) in [5.74, 6) is 0. The van der Waals surface area contributed by atoms with Crippen molar-refractivity contribution in [2.45, 2.75) is 20.8 Å². The van der Waals surface area contributed by atoms with Gasteiger partial charge in [-0.05, 0) is 90.1 Å². The van der Waals surface area contributed by atoms with Gasteiger partial charge in [0.1, 0.15) is 0 Å². The molecule has 0 aliphatic carbocycles. The van der Waals surface area contributed by atoms with E-state index in [4.69, 9.17) is 9.97 Å². The van der Waals surface area contributed by atoms with Crippen LogP contribution in [-0.2, 0) is 0 Å². The number of allylic oxidation sites excluding steroid dienone is 2. The molecule has 51 heavy (non-hydrogen) atoms. The van der Waals surface area contributed by atoms with E-state index in [1.807, 2.05) is 0 Å². The first-order valence-corrected chi connectivity index (χ1v) is 17.4. The predicted molar refractivity (Wildman–Crippen MR) is 215 cm³/mol. The highest BCUT2D eigenvalue weighted by molar-refractivity contribution is 6.04. The molecule has 0 unspecified atom stereocenters. The summed E-state index contributed by atoms with van der Waals surface area (Å²) in [7, 11) is 0. The number of aromatic nitrogens is 4. The zero-order chi connectivity index (χ0) is 34.5. The van der Waals surface area contributed by atoms with Crippen molar-refractivity contribution < 1.29 is 0 Å². The standard InChI is InChI=1S/C47H36N4/c1-29-28-40-41(32-16-8-4-9-17-32)36-24-25-38(48-36)43(34-20-12-6-13-21-34)46-30(2)31(3)47(51-46)44(35-22-14-7-15-23-35)39-27-26-37(49-39)42(45(29)50-40)33-18-10-5-11-19-33/h4-28,48,50H,1-3H3. The fourth-order valence-electron chi connectivity index (χ4n) is 7.52. The normalized spacial score (nSPS) is 12.5. The van der Waals surface area contributed by atoms with Gasteiger partial charge in [0.25, 0.3) is 0 Å². The molecular formula is C47H36N4. The van der Waals surface area contributed by atoms with Gasteiger partial charge in [0.2, 0.25) is 0 Å². The van der Waals surface area contributed by atoms with Gasteiger partial charge in [-0.15, -0.1) is 0 Å². The van der Waals surface area contributed by atoms with E-state index >= 15 is 0 Å². The Balaban J connectivity index is 1.54. The second-order valence-corrected chi connectivity index (χ2v) is 13.3. The zero-order valence-electron chi connectivity index (χ0n) is 28.8. The lowest BCUT2D eigenvalue weighted by Crippen LogP contribution is -1.92. The quantitative estimate of drug-likeness (QED) is 0.198. The Morgan fingerprint density at radius 1 is 0.392 bits per heavy atom. The Labute approximate surface area is 297 Å². The molecule has 0 saturated heterocycles. The first kappa shape index (κ1) is 30.5. The molecule has 0 atom stereocenters. The molecule has 4 nitrogen and oxygen atoms in total. The summed E-state index contributed by atoms with van der Waals surface area (Å²) in [4.78, 5) is 18.8. The van der Waals surface area contributed by atoms with Crippen molar-refractivity contribution in [1.82, 2.24) is 19.9 Å². The van der Waals surface area contributed by atoms with E-state index in [0.29, 0.717) is 0 Å². The lowest BCUT2D eigenvalue weighted by atomic mass is 9.96. The van der Waals surface area contributed by atoms with E-state index in [1.54, 1.807) is 0 Å². The van der Waals surface area contributed by atoms with Crippen molar-refractivity contribution in [3.63, 3.8) is 0 Å². The van der Waals surface area contributed by atoms with Gasteiger partial charge in [-0.3, -0.25) is 0 Å². The minimum Gasteiger partial charge on any atom is -0.354 e. The number of rotatable bonds is 4. The summed E-state index contributed by atoms with van der Waals surface area (Å²) in [6.07, 6.45) is 4.31. The van der Waals surface area contributed by atoms with Crippen LogP contribution in [0.25, 0.3) is 89.9 Å². The van der Waals surface area contributed by atoms with Crippen LogP contribution in [0.1, 0.15) is 42.2 Å². The minimum atomic E-state index is 0.897. The van der Waals surface area contributed by atoms with Crippen molar-refractivity contribution in [2.24, 2.45) is 0 Å². The fourth-order valence-corrected chi connectivity index (χ4v) is 7.52. The molecule has 244 valence electrons. The van der Waals surface area contributed by atoms with E-state index in [0.717, 1.165) is 106 Å². The summed E-state index contributed by atoms with van der Waals surface area (Å²) in [6.45, 7) is 6.57. The maximum atomic E-state index is 5.55. The second kappa shape index (κ2) is 12.4. The highest BCUT2D eigenvalue weighted by atomic mass is 14.8. The average molecular weight is 657 g/mol. The highest BCUT2D eigenvalue weighted by Crippen LogP contribution is 2.43. The maximum absolute atomic E-state index is 5.55. The molecule has 4 aromatic carbocycles. The molecule has 2 aliphatic rings. The van der Waals surface area contributed by atoms with E-state index in [1.165, 1.54) is 0 Å². The van der Waals surface area contributed by atoms with Gasteiger partial charge in [-0.25, -0.2) is 9.97 Å². The molecular weight excluding hydrogens is 621 g/mol. The third kappa shape index (κ3) is 5.24. The van der Waals surface area contributed by atoms with Gasteiger partial charge in [0.15, 0.2) is 0 Å². The number of benzene rings is 4. The largest absolute Gasteiger partial charge is 0.354 e. The van der Waals surface area contributed by atoms with Crippen LogP contribution >= 0.6 is 0 Å². The van der Waals surface area contributed by atoms with Crippen molar-refractivity contribution in [1.29, 1.82) is 0 Å². The number of fused-ring (bicyclic) bond motifs is 8. The van der Waals surface area contributed by atoms with Crippen molar-refractivity contribution in [3.05, 3.63) is 168 Å². The van der Waals surface area contributed by atoms with E-state index in [-0.39, 0.29) is 0 Å². The highest BCUT2D eigenvalue weighted by Gasteiger charge is 2.24. The zero-order valence-corrected chi connectivity index (χ0v) is 28.8. The van der Waals surface area contributed by atoms with Crippen molar-refractivity contribution in [2.75, 3.05) is 0 Å². The van der Waals surface area contributed by atoms with Gasteiger partial charge < -0.3 is 9.97 Å². The Bertz CT molecular complexity index is 2680. The molecule has 2 N–H and O–H groups in total. The van der Waals surface area contributed by atoms with Crippen LogP contribution in [0, 0.1) is 6.92 Å². The molecule has 4 heteroatoms. The molecule has 5 heterocycles. The van der Waals surface area contributed by atoms with Crippen LogP contribution in [0.3, 0.4) is 0 Å². The van der Waals surface area contributed by atoms with E-state index < -0.39 is 0 Å². The molecule has 0 spiro atoms. The fraction of sp³-hybridized carbons (Fsp3) is 0.0638. The van der Waals surface area contributed by atoms with Crippen LogP contribution in [0.5, 0.6) is 0 Å². The third-order valence-corrected chi connectivity index (χ3v) is 10.1. The Morgan fingerprint density at radius 2 is 0.824 bits per heavy atom. The maximum Gasteiger partial charge on any atom is 0.0769 e. The molecule has 7 aromatic rings. The van der Waals surface area contributed by atoms with Gasteiger partial charge in [-0.1, -0.05) is 121 Å². The number of nitrogens with zero attached hydrogens (tertiary/aromatic N) is 2. The van der Waals surface area contributed by atoms with Crippen LogP contribution in [0.4, 0.5) is 0 Å². The topological polar surface area (TPSA) is 57.4 Å².